The Hall–Kier alpha value is -0.370. The summed E-state index contributed by atoms with van der Waals surface area (Å²) in [6.45, 7) is 6.83. The summed E-state index contributed by atoms with van der Waals surface area (Å²) in [5.74, 6) is 1.49. The van der Waals surface area contributed by atoms with Crippen molar-refractivity contribution in [2.75, 3.05) is 0 Å². The SMILES string of the molecule is CC1CCc2nc(C(C)C)sc2CC1. The lowest BCUT2D eigenvalue weighted by atomic mass is 10.0. The van der Waals surface area contributed by atoms with E-state index in [0.29, 0.717) is 5.92 Å². The minimum atomic E-state index is 0.601. The van der Waals surface area contributed by atoms with E-state index in [1.165, 1.54) is 36.4 Å². The predicted molar refractivity (Wildman–Crippen MR) is 62.0 cm³/mol. The van der Waals surface area contributed by atoms with Gasteiger partial charge in [-0.3, -0.25) is 0 Å². The van der Waals surface area contributed by atoms with Crippen molar-refractivity contribution in [3.63, 3.8) is 0 Å². The molecule has 1 unspecified atom stereocenters. The third kappa shape index (κ3) is 2.00. The van der Waals surface area contributed by atoms with Crippen molar-refractivity contribution in [3.8, 4) is 0 Å². The molecule has 1 aliphatic rings. The van der Waals surface area contributed by atoms with E-state index in [4.69, 9.17) is 4.98 Å². The average molecular weight is 209 g/mol. The predicted octanol–water partition coefficient (Wildman–Crippen LogP) is 3.78. The molecule has 0 aromatic carbocycles. The molecule has 0 aliphatic heterocycles. The van der Waals surface area contributed by atoms with E-state index in [1.807, 2.05) is 11.3 Å². The standard InChI is InChI=1S/C12H19NS/c1-8(2)12-13-10-6-4-9(3)5-7-11(10)14-12/h8-9H,4-7H2,1-3H3. The largest absolute Gasteiger partial charge is 0.246 e. The summed E-state index contributed by atoms with van der Waals surface area (Å²) in [4.78, 5) is 6.33. The van der Waals surface area contributed by atoms with E-state index in [0.717, 1.165) is 5.92 Å². The monoisotopic (exact) mass is 209 g/mol. The summed E-state index contributed by atoms with van der Waals surface area (Å²) in [5, 5.41) is 1.34. The normalized spacial score (nSPS) is 22.1. The lowest BCUT2D eigenvalue weighted by molar-refractivity contribution is 0.509. The number of fused-ring (bicyclic) bond motifs is 1. The molecule has 0 saturated carbocycles. The number of rotatable bonds is 1. The van der Waals surface area contributed by atoms with Crippen LogP contribution in [0.2, 0.25) is 0 Å². The van der Waals surface area contributed by atoms with E-state index in [9.17, 15) is 0 Å². The summed E-state index contributed by atoms with van der Waals surface area (Å²) in [6.07, 6.45) is 5.15. The Morgan fingerprint density at radius 1 is 1.29 bits per heavy atom. The Morgan fingerprint density at radius 2 is 2.00 bits per heavy atom. The molecule has 0 saturated heterocycles. The molecular formula is C12H19NS. The maximum Gasteiger partial charge on any atom is 0.0956 e. The maximum atomic E-state index is 4.76. The molecule has 0 amide bonds. The number of nitrogens with zero attached hydrogens (tertiary/aromatic N) is 1. The fourth-order valence-electron chi connectivity index (χ4n) is 1.95. The second-order valence-corrected chi connectivity index (χ2v) is 5.87. The minimum Gasteiger partial charge on any atom is -0.246 e. The molecule has 1 aliphatic carbocycles. The molecule has 0 N–H and O–H groups in total. The molecule has 0 radical (unpaired) electrons. The van der Waals surface area contributed by atoms with Crippen molar-refractivity contribution in [1.29, 1.82) is 0 Å². The van der Waals surface area contributed by atoms with Crippen LogP contribution in [0, 0.1) is 5.92 Å². The van der Waals surface area contributed by atoms with Gasteiger partial charge >= 0.3 is 0 Å². The second kappa shape index (κ2) is 4.01. The Morgan fingerprint density at radius 3 is 2.71 bits per heavy atom. The van der Waals surface area contributed by atoms with Gasteiger partial charge in [0.25, 0.3) is 0 Å². The van der Waals surface area contributed by atoms with Crippen molar-refractivity contribution in [1.82, 2.24) is 4.98 Å². The molecule has 78 valence electrons. The van der Waals surface area contributed by atoms with Crippen LogP contribution in [0.1, 0.15) is 55.1 Å². The fourth-order valence-corrected chi connectivity index (χ4v) is 3.08. The van der Waals surface area contributed by atoms with E-state index < -0.39 is 0 Å². The topological polar surface area (TPSA) is 12.9 Å². The van der Waals surface area contributed by atoms with Gasteiger partial charge in [0, 0.05) is 10.8 Å². The number of aromatic nitrogens is 1. The van der Waals surface area contributed by atoms with Gasteiger partial charge in [-0.2, -0.15) is 0 Å². The van der Waals surface area contributed by atoms with Crippen LogP contribution in [0.15, 0.2) is 0 Å². The van der Waals surface area contributed by atoms with Crippen LogP contribution in [0.5, 0.6) is 0 Å². The third-order valence-corrected chi connectivity index (χ3v) is 4.48. The van der Waals surface area contributed by atoms with Crippen LogP contribution >= 0.6 is 11.3 Å². The lowest BCUT2D eigenvalue weighted by Gasteiger charge is -2.04. The van der Waals surface area contributed by atoms with Crippen molar-refractivity contribution >= 4 is 11.3 Å². The minimum absolute atomic E-state index is 0.601. The van der Waals surface area contributed by atoms with Crippen LogP contribution in [0.4, 0.5) is 0 Å². The highest BCUT2D eigenvalue weighted by molar-refractivity contribution is 7.11. The van der Waals surface area contributed by atoms with E-state index in [2.05, 4.69) is 20.8 Å². The van der Waals surface area contributed by atoms with Gasteiger partial charge in [0.05, 0.1) is 10.7 Å². The zero-order valence-corrected chi connectivity index (χ0v) is 10.2. The van der Waals surface area contributed by atoms with Crippen molar-refractivity contribution in [2.45, 2.75) is 52.4 Å². The van der Waals surface area contributed by atoms with Gasteiger partial charge in [-0.25, -0.2) is 4.98 Å². The van der Waals surface area contributed by atoms with E-state index in [1.54, 1.807) is 4.88 Å². The summed E-state index contributed by atoms with van der Waals surface area (Å²) in [5.41, 5.74) is 1.41. The Kier molecular flexibility index (Phi) is 2.91. The lowest BCUT2D eigenvalue weighted by Crippen LogP contribution is -1.94. The Bertz CT molecular complexity index is 289. The number of hydrogen-bond acceptors (Lipinski definition) is 2. The van der Waals surface area contributed by atoms with E-state index >= 15 is 0 Å². The molecule has 1 aromatic rings. The molecule has 0 spiro atoms. The van der Waals surface area contributed by atoms with Crippen LogP contribution in [0.25, 0.3) is 0 Å². The van der Waals surface area contributed by atoms with Gasteiger partial charge in [-0.15, -0.1) is 11.3 Å². The first kappa shape index (κ1) is 10.2. The quantitative estimate of drug-likeness (QED) is 0.641. The molecule has 1 aromatic heterocycles. The Labute approximate surface area is 90.6 Å². The third-order valence-electron chi connectivity index (χ3n) is 3.03. The van der Waals surface area contributed by atoms with Gasteiger partial charge in [0.15, 0.2) is 0 Å². The zero-order valence-electron chi connectivity index (χ0n) is 9.34. The highest BCUT2D eigenvalue weighted by atomic mass is 32.1. The number of aryl methyl sites for hydroxylation is 2. The Balaban J connectivity index is 2.22. The van der Waals surface area contributed by atoms with Gasteiger partial charge < -0.3 is 0 Å². The van der Waals surface area contributed by atoms with Gasteiger partial charge in [-0.05, 0) is 31.6 Å². The first-order valence-electron chi connectivity index (χ1n) is 5.65. The van der Waals surface area contributed by atoms with Crippen LogP contribution in [-0.4, -0.2) is 4.98 Å². The molecule has 1 atom stereocenters. The molecule has 1 heterocycles. The van der Waals surface area contributed by atoms with Crippen molar-refractivity contribution < 1.29 is 0 Å². The first-order valence-corrected chi connectivity index (χ1v) is 6.47. The highest BCUT2D eigenvalue weighted by Gasteiger charge is 2.18. The second-order valence-electron chi connectivity index (χ2n) is 4.76. The van der Waals surface area contributed by atoms with Crippen LogP contribution in [-0.2, 0) is 12.8 Å². The smallest absolute Gasteiger partial charge is 0.0956 e. The van der Waals surface area contributed by atoms with Gasteiger partial charge in [0.1, 0.15) is 0 Å². The first-order chi connectivity index (χ1) is 6.66. The summed E-state index contributed by atoms with van der Waals surface area (Å²) in [6, 6.07) is 0. The highest BCUT2D eigenvalue weighted by Crippen LogP contribution is 2.31. The summed E-state index contributed by atoms with van der Waals surface area (Å²) < 4.78 is 0. The van der Waals surface area contributed by atoms with Crippen molar-refractivity contribution in [2.24, 2.45) is 5.92 Å². The molecule has 0 bridgehead atoms. The molecular weight excluding hydrogens is 190 g/mol. The van der Waals surface area contributed by atoms with Crippen LogP contribution in [0.3, 0.4) is 0 Å². The molecule has 1 nitrogen and oxygen atoms in total. The van der Waals surface area contributed by atoms with Crippen LogP contribution < -0.4 is 0 Å². The van der Waals surface area contributed by atoms with E-state index in [-0.39, 0.29) is 0 Å². The van der Waals surface area contributed by atoms with Gasteiger partial charge in [0.2, 0.25) is 0 Å². The molecule has 14 heavy (non-hydrogen) atoms. The van der Waals surface area contributed by atoms with Gasteiger partial charge in [-0.1, -0.05) is 20.8 Å². The maximum absolute atomic E-state index is 4.76. The molecule has 0 fully saturated rings. The molecule has 2 heteroatoms. The summed E-state index contributed by atoms with van der Waals surface area (Å²) in [7, 11) is 0. The van der Waals surface area contributed by atoms with Crippen molar-refractivity contribution in [3.05, 3.63) is 15.6 Å². The fraction of sp³-hybridized carbons (Fsp3) is 0.750. The summed E-state index contributed by atoms with van der Waals surface area (Å²) >= 11 is 1.95. The number of thiazole rings is 1. The average Bonchev–Trinajstić information content (AvgIpc) is 2.48. The number of hydrogen-bond donors (Lipinski definition) is 0. The molecule has 2 rings (SSSR count). The zero-order chi connectivity index (χ0) is 10.1.